The Hall–Kier alpha value is 0.160. The summed E-state index contributed by atoms with van der Waals surface area (Å²) in [6.45, 7) is -1.01. The van der Waals surface area contributed by atoms with Crippen LogP contribution in [0.5, 0.6) is 0 Å². The first-order chi connectivity index (χ1) is 7.33. The van der Waals surface area contributed by atoms with Gasteiger partial charge in [-0.25, -0.2) is 0 Å². The van der Waals surface area contributed by atoms with E-state index in [2.05, 4.69) is 4.74 Å². The zero-order chi connectivity index (χ0) is 12.9. The molecule has 0 spiro atoms. The van der Waals surface area contributed by atoms with E-state index in [0.29, 0.717) is 0 Å². The molecule has 8 heteroatoms. The highest BCUT2D eigenvalue weighted by Gasteiger charge is 2.41. The summed E-state index contributed by atoms with van der Waals surface area (Å²) in [6, 6.07) is 0. The third-order valence-electron chi connectivity index (χ3n) is 1.84. The minimum Gasteiger partial charge on any atom is -0.392 e. The van der Waals surface area contributed by atoms with Crippen LogP contribution in [0.15, 0.2) is 0 Å². The number of rotatable bonds is 7. The number of carbonyl (C=O) groups excluding carboxylic acids is 1. The summed E-state index contributed by atoms with van der Waals surface area (Å²) < 4.78 is 10.8. The quantitative estimate of drug-likeness (QED) is 0.194. The molecule has 0 rings (SSSR count). The minimum atomic E-state index is -2.43. The van der Waals surface area contributed by atoms with E-state index in [9.17, 15) is 20.1 Å². The number of ether oxygens (including phenoxy) is 1. The Kier molecular flexibility index (Phi) is 5.32. The van der Waals surface area contributed by atoms with Gasteiger partial charge in [-0.1, -0.05) is 0 Å². The van der Waals surface area contributed by atoms with Gasteiger partial charge in [-0.3, -0.25) is 10.5 Å². The summed E-state index contributed by atoms with van der Waals surface area (Å²) in [5.41, 5.74) is -0.925. The average Bonchev–Trinajstić information content (AvgIpc) is 2.27. The molecule has 0 saturated carbocycles. The molecule has 0 unspecified atom stereocenters. The van der Waals surface area contributed by atoms with E-state index in [1.807, 2.05) is 0 Å². The van der Waals surface area contributed by atoms with Crippen molar-refractivity contribution in [1.82, 2.24) is 0 Å². The van der Waals surface area contributed by atoms with Gasteiger partial charge in [0, 0.05) is 29.7 Å². The molecule has 7 nitrogen and oxygen atoms in total. The molecule has 15 heavy (non-hydrogen) atoms. The van der Waals surface area contributed by atoms with Gasteiger partial charge >= 0.3 is 0 Å². The highest BCUT2D eigenvalue weighted by molar-refractivity contribution is 14.1. The van der Waals surface area contributed by atoms with Crippen LogP contribution < -0.4 is 5.73 Å². The fraction of sp³-hybridized carbons (Fsp3) is 0.857. The van der Waals surface area contributed by atoms with Crippen molar-refractivity contribution in [3.05, 3.63) is 0 Å². The van der Waals surface area contributed by atoms with Crippen LogP contribution in [0.3, 0.4) is 0 Å². The Morgan fingerprint density at radius 3 is 2.53 bits per heavy atom. The Morgan fingerprint density at radius 1 is 1.73 bits per heavy atom. The van der Waals surface area contributed by atoms with Gasteiger partial charge in [0.05, 0.1) is 6.61 Å². The fourth-order valence-electron chi connectivity index (χ4n) is 0.908. The summed E-state index contributed by atoms with van der Waals surface area (Å²) in [5, 5.41) is 37.3. The van der Waals surface area contributed by atoms with Gasteiger partial charge in [0.2, 0.25) is 3.79 Å². The van der Waals surface area contributed by atoms with E-state index in [1.54, 1.807) is 0 Å². The van der Waals surface area contributed by atoms with Crippen LogP contribution in [0.1, 0.15) is 0 Å². The molecular weight excluding hydrogens is 321 g/mol. The van der Waals surface area contributed by atoms with Gasteiger partial charge in [-0.15, -0.1) is 0 Å². The maximum Gasteiger partial charge on any atom is 0.223 e. The Labute approximate surface area is 101 Å². The summed E-state index contributed by atoms with van der Waals surface area (Å²) in [5.74, 6) is 0. The molecular formula is C7H14INO6. The lowest BCUT2D eigenvalue weighted by Crippen LogP contribution is -2.61. The van der Waals surface area contributed by atoms with Crippen molar-refractivity contribution in [2.24, 2.45) is 5.73 Å². The highest BCUT2D eigenvalue weighted by Crippen LogP contribution is 2.14. The first-order valence-corrected chi connectivity index (χ1v) is 5.02. The molecule has 0 aliphatic rings. The monoisotopic (exact) mass is 336 g/mol. The molecule has 0 aromatic carbocycles. The molecule has 0 aliphatic heterocycles. The van der Waals surface area contributed by atoms with Crippen molar-refractivity contribution in [1.29, 1.82) is 0 Å². The van der Waals surface area contributed by atoms with Crippen LogP contribution in [0, 0.1) is 0 Å². The van der Waals surface area contributed by atoms with E-state index in [1.165, 1.54) is 28.3 Å². The fourth-order valence-corrected chi connectivity index (χ4v) is 1.53. The van der Waals surface area contributed by atoms with Crippen LogP contribution in [0.25, 0.3) is 0 Å². The van der Waals surface area contributed by atoms with Crippen LogP contribution in [-0.2, 0) is 9.53 Å². The van der Waals surface area contributed by atoms with Gasteiger partial charge < -0.3 is 25.2 Å². The number of hydrogen-bond acceptors (Lipinski definition) is 7. The SMILES string of the molecule is [2H]N[C@@](O)(CO)[C@@H](O)[C@H](O)[C@@H](OC)C(=O)I. The maximum atomic E-state index is 11.0. The average molecular weight is 336 g/mol. The largest absolute Gasteiger partial charge is 0.392 e. The van der Waals surface area contributed by atoms with Gasteiger partial charge in [0.15, 0.2) is 11.8 Å². The summed E-state index contributed by atoms with van der Waals surface area (Å²) in [7, 11) is 1.14. The molecule has 0 aliphatic carbocycles. The predicted molar refractivity (Wildman–Crippen MR) is 58.1 cm³/mol. The number of nitrogens with two attached hydrogens (primary N) is 1. The number of aliphatic hydroxyl groups is 4. The lowest BCUT2D eigenvalue weighted by molar-refractivity contribution is -0.171. The number of methoxy groups -OCH3 is 1. The molecule has 0 bridgehead atoms. The lowest BCUT2D eigenvalue weighted by atomic mass is 9.99. The van der Waals surface area contributed by atoms with Gasteiger partial charge in [0.1, 0.15) is 13.6 Å². The van der Waals surface area contributed by atoms with Gasteiger partial charge in [-0.2, -0.15) is 0 Å². The molecule has 0 heterocycles. The van der Waals surface area contributed by atoms with E-state index in [0.717, 1.165) is 7.11 Å². The second kappa shape index (κ2) is 6.03. The van der Waals surface area contributed by atoms with Crippen molar-refractivity contribution >= 4 is 26.4 Å². The molecule has 90 valence electrons. The summed E-state index contributed by atoms with van der Waals surface area (Å²) in [4.78, 5) is 11.0. The zero-order valence-electron chi connectivity index (χ0n) is 8.92. The van der Waals surface area contributed by atoms with Crippen molar-refractivity contribution in [3.8, 4) is 0 Å². The topological polar surface area (TPSA) is 133 Å². The first-order valence-electron chi connectivity index (χ1n) is 4.44. The summed E-state index contributed by atoms with van der Waals surface area (Å²) in [6.07, 6.45) is -5.09. The zero-order valence-corrected chi connectivity index (χ0v) is 10.1. The van der Waals surface area contributed by atoms with Gasteiger partial charge in [-0.05, 0) is 0 Å². The second-order valence-electron chi connectivity index (χ2n) is 2.98. The molecule has 0 aromatic heterocycles. The number of carbonyl (C=O) groups is 1. The summed E-state index contributed by atoms with van der Waals surface area (Å²) >= 11 is 1.36. The molecule has 0 aromatic rings. The highest BCUT2D eigenvalue weighted by atomic mass is 127. The molecule has 0 fully saturated rings. The van der Waals surface area contributed by atoms with Crippen molar-refractivity contribution in [2.45, 2.75) is 24.0 Å². The van der Waals surface area contributed by atoms with Crippen molar-refractivity contribution < 1.29 is 31.4 Å². The van der Waals surface area contributed by atoms with Crippen LogP contribution in [-0.4, -0.2) is 62.0 Å². The third-order valence-corrected chi connectivity index (χ3v) is 2.46. The van der Waals surface area contributed by atoms with Crippen molar-refractivity contribution in [2.75, 3.05) is 13.7 Å². The molecule has 4 atom stereocenters. The number of hydrogen-bond donors (Lipinski definition) is 5. The van der Waals surface area contributed by atoms with Gasteiger partial charge in [0.25, 0.3) is 0 Å². The van der Waals surface area contributed by atoms with E-state index in [-0.39, 0.29) is 0 Å². The Morgan fingerprint density at radius 2 is 2.27 bits per heavy atom. The van der Waals surface area contributed by atoms with Crippen LogP contribution >= 0.6 is 22.6 Å². The minimum absolute atomic E-state index is 0.586. The van der Waals surface area contributed by atoms with Crippen LogP contribution in [0.2, 0.25) is 1.41 Å². The smallest absolute Gasteiger partial charge is 0.223 e. The molecule has 0 saturated heterocycles. The first kappa shape index (κ1) is 13.2. The number of halogens is 1. The Balaban J connectivity index is 4.82. The van der Waals surface area contributed by atoms with E-state index >= 15 is 0 Å². The normalized spacial score (nSPS) is 22.4. The van der Waals surface area contributed by atoms with E-state index in [4.69, 9.17) is 6.52 Å². The molecule has 0 amide bonds. The second-order valence-corrected chi connectivity index (χ2v) is 4.04. The maximum absolute atomic E-state index is 11.0. The number of aliphatic hydroxyl groups excluding tert-OH is 3. The predicted octanol–water partition coefficient (Wildman–Crippen LogP) is -2.68. The molecule has 6 N–H and O–H groups in total. The van der Waals surface area contributed by atoms with Crippen LogP contribution in [0.4, 0.5) is 0 Å². The van der Waals surface area contributed by atoms with Crippen molar-refractivity contribution in [3.63, 3.8) is 0 Å². The standard InChI is InChI=1S/C7H14INO6/c1-15-4(6(8)13)3(11)5(12)7(9,14)2-10/h3-5,10-12,14H,2,9H2,1H3/t3-,4-,5+,7-/m1/s1/i/hD. The third kappa shape index (κ3) is 3.90. The van der Waals surface area contributed by atoms with E-state index < -0.39 is 34.4 Å². The lowest BCUT2D eigenvalue weighted by Gasteiger charge is -2.32. The molecule has 0 radical (unpaired) electrons. The Bertz CT molecular complexity index is 239.